The maximum Gasteiger partial charge on any atom is 0.416 e. The van der Waals surface area contributed by atoms with Crippen LogP contribution in [0.25, 0.3) is 22.3 Å². The third-order valence-electron chi connectivity index (χ3n) is 4.88. The number of fused-ring (bicyclic) bond motifs is 1. The van der Waals surface area contributed by atoms with Gasteiger partial charge in [0.2, 0.25) is 0 Å². The highest BCUT2D eigenvalue weighted by molar-refractivity contribution is 5.92. The van der Waals surface area contributed by atoms with Gasteiger partial charge >= 0.3 is 6.18 Å². The van der Waals surface area contributed by atoms with Crippen LogP contribution in [0, 0.1) is 11.3 Å². The molecule has 1 aliphatic heterocycles. The number of amides is 1. The van der Waals surface area contributed by atoms with Crippen molar-refractivity contribution < 1.29 is 22.4 Å². The predicted octanol–water partition coefficient (Wildman–Crippen LogP) is 3.86. The Kier molecular flexibility index (Phi) is 4.53. The van der Waals surface area contributed by atoms with Crippen LogP contribution in [0.5, 0.6) is 0 Å². The molecule has 3 aromatic rings. The summed E-state index contributed by atoms with van der Waals surface area (Å²) in [4.78, 5) is 17.2. The molecule has 2 aromatic heterocycles. The van der Waals surface area contributed by atoms with Gasteiger partial charge in [0.05, 0.1) is 11.6 Å². The Labute approximate surface area is 167 Å². The average Bonchev–Trinajstić information content (AvgIpc) is 3.04. The molecule has 1 aliphatic rings. The van der Waals surface area contributed by atoms with Gasteiger partial charge in [-0.15, -0.1) is 0 Å². The Morgan fingerprint density at radius 3 is 2.40 bits per heavy atom. The van der Waals surface area contributed by atoms with Gasteiger partial charge < -0.3 is 4.90 Å². The number of aromatic nitrogens is 3. The Morgan fingerprint density at radius 1 is 1.17 bits per heavy atom. The molecule has 1 aromatic carbocycles. The first-order chi connectivity index (χ1) is 14.2. The van der Waals surface area contributed by atoms with Gasteiger partial charge in [-0.05, 0) is 24.3 Å². The molecule has 0 atom stereocenters. The molecule has 0 unspecified atom stereocenters. The molecular formula is C20H13F4N5O. The topological polar surface area (TPSA) is 74.8 Å². The van der Waals surface area contributed by atoms with Crippen LogP contribution in [0.3, 0.4) is 0 Å². The SMILES string of the molecule is C=C(F)C(=O)N1CC(n2nc(-c3ccc(C(F)(F)F)cc3)c3ccc(C#N)nc32)C1. The van der Waals surface area contributed by atoms with Crippen molar-refractivity contribution in [3.63, 3.8) is 0 Å². The molecule has 0 N–H and O–H groups in total. The molecule has 0 aliphatic carbocycles. The van der Waals surface area contributed by atoms with Gasteiger partial charge in [-0.2, -0.15) is 23.5 Å². The smallest absolute Gasteiger partial charge is 0.332 e. The zero-order chi connectivity index (χ0) is 21.6. The third kappa shape index (κ3) is 3.28. The van der Waals surface area contributed by atoms with E-state index in [1.165, 1.54) is 27.8 Å². The summed E-state index contributed by atoms with van der Waals surface area (Å²) in [6.07, 6.45) is -4.45. The van der Waals surface area contributed by atoms with Crippen molar-refractivity contribution in [2.24, 2.45) is 0 Å². The lowest BCUT2D eigenvalue weighted by molar-refractivity contribution is -0.137. The van der Waals surface area contributed by atoms with Crippen LogP contribution < -0.4 is 0 Å². The van der Waals surface area contributed by atoms with E-state index in [0.29, 0.717) is 22.3 Å². The predicted molar refractivity (Wildman–Crippen MR) is 98.5 cm³/mol. The molecule has 3 heterocycles. The van der Waals surface area contributed by atoms with E-state index >= 15 is 0 Å². The van der Waals surface area contributed by atoms with E-state index in [4.69, 9.17) is 5.26 Å². The maximum atomic E-state index is 13.1. The lowest BCUT2D eigenvalue weighted by Gasteiger charge is -2.38. The van der Waals surface area contributed by atoms with Crippen LogP contribution in [0.1, 0.15) is 17.3 Å². The van der Waals surface area contributed by atoms with Crippen LogP contribution >= 0.6 is 0 Å². The second-order valence-electron chi connectivity index (χ2n) is 6.82. The Morgan fingerprint density at radius 2 is 1.83 bits per heavy atom. The molecule has 30 heavy (non-hydrogen) atoms. The summed E-state index contributed by atoms with van der Waals surface area (Å²) in [5.74, 6) is -1.87. The molecule has 10 heteroatoms. The zero-order valence-electron chi connectivity index (χ0n) is 15.3. The Bertz CT molecular complexity index is 1200. The summed E-state index contributed by atoms with van der Waals surface area (Å²) < 4.78 is 53.1. The molecule has 0 spiro atoms. The zero-order valence-corrected chi connectivity index (χ0v) is 15.3. The number of carbonyl (C=O) groups is 1. The number of hydrogen-bond donors (Lipinski definition) is 0. The van der Waals surface area contributed by atoms with Gasteiger partial charge in [0, 0.05) is 24.0 Å². The number of benzene rings is 1. The molecule has 4 rings (SSSR count). The normalized spacial score (nSPS) is 14.4. The summed E-state index contributed by atoms with van der Waals surface area (Å²) in [5, 5.41) is 14.2. The second-order valence-corrected chi connectivity index (χ2v) is 6.82. The van der Waals surface area contributed by atoms with Gasteiger partial charge in [-0.1, -0.05) is 18.7 Å². The molecule has 1 fully saturated rings. The highest BCUT2D eigenvalue weighted by Gasteiger charge is 2.35. The summed E-state index contributed by atoms with van der Waals surface area (Å²) >= 11 is 0. The fourth-order valence-electron chi connectivity index (χ4n) is 3.31. The van der Waals surface area contributed by atoms with Crippen molar-refractivity contribution in [1.29, 1.82) is 5.26 Å². The first-order valence-electron chi connectivity index (χ1n) is 8.79. The van der Waals surface area contributed by atoms with Gasteiger partial charge in [-0.3, -0.25) is 4.79 Å². The van der Waals surface area contributed by atoms with Gasteiger partial charge in [0.25, 0.3) is 5.91 Å². The molecule has 0 saturated carbocycles. The standard InChI is InChI=1S/C20H13F4N5O/c1-11(21)19(30)28-9-15(10-28)29-18-16(7-6-14(8-25)26-18)17(27-29)12-2-4-13(5-3-12)20(22,23)24/h2-7,15H,1,9-10H2. The van der Waals surface area contributed by atoms with Crippen molar-refractivity contribution in [2.45, 2.75) is 12.2 Å². The van der Waals surface area contributed by atoms with E-state index < -0.39 is 23.5 Å². The van der Waals surface area contributed by atoms with Crippen molar-refractivity contribution in [2.75, 3.05) is 13.1 Å². The van der Waals surface area contributed by atoms with E-state index in [1.807, 2.05) is 6.07 Å². The first-order valence-corrected chi connectivity index (χ1v) is 8.79. The second kappa shape index (κ2) is 6.95. The van der Waals surface area contributed by atoms with Gasteiger partial charge in [-0.25, -0.2) is 14.1 Å². The first kappa shape index (κ1) is 19.6. The highest BCUT2D eigenvalue weighted by atomic mass is 19.4. The highest BCUT2D eigenvalue weighted by Crippen LogP contribution is 2.34. The summed E-state index contributed by atoms with van der Waals surface area (Å²) in [6, 6.07) is 9.30. The quantitative estimate of drug-likeness (QED) is 0.481. The van der Waals surface area contributed by atoms with Crippen molar-refractivity contribution >= 4 is 16.9 Å². The summed E-state index contributed by atoms with van der Waals surface area (Å²) in [5.41, 5.74) is 0.574. The van der Waals surface area contributed by atoms with Crippen molar-refractivity contribution in [3.05, 3.63) is 60.1 Å². The molecule has 1 amide bonds. The third-order valence-corrected chi connectivity index (χ3v) is 4.88. The Balaban J connectivity index is 1.74. The number of nitrogens with zero attached hydrogens (tertiary/aromatic N) is 5. The van der Waals surface area contributed by atoms with Gasteiger partial charge in [0.1, 0.15) is 17.5 Å². The van der Waals surface area contributed by atoms with Crippen LogP contribution in [-0.2, 0) is 11.0 Å². The molecular weight excluding hydrogens is 402 g/mol. The number of halogens is 4. The van der Waals surface area contributed by atoms with Crippen molar-refractivity contribution in [1.82, 2.24) is 19.7 Å². The van der Waals surface area contributed by atoms with Crippen LogP contribution in [0.15, 0.2) is 48.8 Å². The van der Waals surface area contributed by atoms with E-state index in [-0.39, 0.29) is 24.8 Å². The lowest BCUT2D eigenvalue weighted by Crippen LogP contribution is -2.51. The average molecular weight is 415 g/mol. The molecule has 152 valence electrons. The Hall–Kier alpha value is -3.74. The van der Waals surface area contributed by atoms with Crippen LogP contribution in [-0.4, -0.2) is 38.7 Å². The number of alkyl halides is 3. The number of nitriles is 1. The summed E-state index contributed by atoms with van der Waals surface area (Å²) in [6.45, 7) is 3.33. The molecule has 0 bridgehead atoms. The molecule has 6 nitrogen and oxygen atoms in total. The molecule has 1 saturated heterocycles. The van der Waals surface area contributed by atoms with Crippen molar-refractivity contribution in [3.8, 4) is 17.3 Å². The summed E-state index contributed by atoms with van der Waals surface area (Å²) in [7, 11) is 0. The van der Waals surface area contributed by atoms with E-state index in [1.54, 1.807) is 6.07 Å². The number of carbonyl (C=O) groups excluding carboxylic acids is 1. The largest absolute Gasteiger partial charge is 0.416 e. The van der Waals surface area contributed by atoms with Crippen LogP contribution in [0.4, 0.5) is 17.6 Å². The van der Waals surface area contributed by atoms with E-state index in [2.05, 4.69) is 16.7 Å². The number of hydrogen-bond acceptors (Lipinski definition) is 4. The maximum absolute atomic E-state index is 13.1. The minimum atomic E-state index is -4.45. The monoisotopic (exact) mass is 415 g/mol. The van der Waals surface area contributed by atoms with E-state index in [0.717, 1.165) is 12.1 Å². The number of likely N-dealkylation sites (tertiary alicyclic amines) is 1. The molecule has 0 radical (unpaired) electrons. The van der Waals surface area contributed by atoms with E-state index in [9.17, 15) is 22.4 Å². The minimum Gasteiger partial charge on any atom is -0.332 e. The fourth-order valence-corrected chi connectivity index (χ4v) is 3.31. The lowest BCUT2D eigenvalue weighted by atomic mass is 10.1. The number of pyridine rings is 1. The van der Waals surface area contributed by atoms with Gasteiger partial charge in [0.15, 0.2) is 11.5 Å². The minimum absolute atomic E-state index is 0.145. The fraction of sp³-hybridized carbons (Fsp3) is 0.200. The number of rotatable bonds is 3. The van der Waals surface area contributed by atoms with Crippen LogP contribution in [0.2, 0.25) is 0 Å².